The Kier molecular flexibility index (Phi) is 7.63. The average molecular weight is 444 g/mol. The smallest absolute Gasteiger partial charge is 0.242 e. The fourth-order valence-corrected chi connectivity index (χ4v) is 5.81. The van der Waals surface area contributed by atoms with Crippen LogP contribution in [0.3, 0.4) is 0 Å². The molecule has 5 nitrogen and oxygen atoms in total. The summed E-state index contributed by atoms with van der Waals surface area (Å²) < 4.78 is 28.3. The van der Waals surface area contributed by atoms with Crippen molar-refractivity contribution in [1.29, 1.82) is 0 Å². The number of benzene rings is 1. The molecule has 1 atom stereocenters. The standard InChI is InChI=1S/C13H20Br2N2O3S/c1-2-3-9(4-5-18)8-17-21(19,20)13-11(14)6-10(16)7-12(13)15/h6-7,9,17-18H,2-5,8,16H2,1H3. The largest absolute Gasteiger partial charge is 0.399 e. The number of hydrogen-bond donors (Lipinski definition) is 3. The minimum Gasteiger partial charge on any atom is -0.399 e. The number of nitrogens with one attached hydrogen (secondary N) is 1. The maximum Gasteiger partial charge on any atom is 0.242 e. The van der Waals surface area contributed by atoms with E-state index >= 15 is 0 Å². The average Bonchev–Trinajstić information content (AvgIpc) is 2.35. The third-order valence-corrected chi connectivity index (χ3v) is 6.39. The highest BCUT2D eigenvalue weighted by Gasteiger charge is 2.22. The second-order valence-corrected chi connectivity index (χ2v) is 8.25. The van der Waals surface area contributed by atoms with Crippen molar-refractivity contribution in [2.45, 2.75) is 31.1 Å². The molecular formula is C13H20Br2N2O3S. The van der Waals surface area contributed by atoms with Gasteiger partial charge in [-0.3, -0.25) is 0 Å². The normalized spacial score (nSPS) is 13.3. The van der Waals surface area contributed by atoms with E-state index in [1.165, 1.54) is 0 Å². The Labute approximate surface area is 142 Å². The van der Waals surface area contributed by atoms with Crippen molar-refractivity contribution in [3.63, 3.8) is 0 Å². The van der Waals surface area contributed by atoms with Gasteiger partial charge in [0, 0.05) is 27.8 Å². The molecule has 0 radical (unpaired) electrons. The molecule has 120 valence electrons. The molecule has 1 unspecified atom stereocenters. The molecule has 0 bridgehead atoms. The van der Waals surface area contributed by atoms with E-state index in [9.17, 15) is 8.42 Å². The summed E-state index contributed by atoms with van der Waals surface area (Å²) in [4.78, 5) is 0.135. The van der Waals surface area contributed by atoms with Gasteiger partial charge in [-0.1, -0.05) is 13.3 Å². The van der Waals surface area contributed by atoms with Crippen molar-refractivity contribution in [3.05, 3.63) is 21.1 Å². The van der Waals surface area contributed by atoms with Crippen LogP contribution < -0.4 is 10.5 Å². The number of aliphatic hydroxyl groups excluding tert-OH is 1. The first-order valence-corrected chi connectivity index (χ1v) is 9.73. The molecule has 0 fully saturated rings. The van der Waals surface area contributed by atoms with Crippen molar-refractivity contribution < 1.29 is 13.5 Å². The molecule has 4 N–H and O–H groups in total. The van der Waals surface area contributed by atoms with Gasteiger partial charge >= 0.3 is 0 Å². The number of rotatable bonds is 8. The van der Waals surface area contributed by atoms with Crippen LogP contribution in [0.5, 0.6) is 0 Å². The lowest BCUT2D eigenvalue weighted by Crippen LogP contribution is -2.30. The molecule has 0 spiro atoms. The minimum atomic E-state index is -3.65. The van der Waals surface area contributed by atoms with Crippen molar-refractivity contribution in [3.8, 4) is 0 Å². The summed E-state index contributed by atoms with van der Waals surface area (Å²) in [6.45, 7) is 2.40. The summed E-state index contributed by atoms with van der Waals surface area (Å²) >= 11 is 6.47. The first kappa shape index (κ1) is 18.9. The van der Waals surface area contributed by atoms with Gasteiger partial charge in [-0.15, -0.1) is 0 Å². The van der Waals surface area contributed by atoms with Crippen LogP contribution in [-0.2, 0) is 10.0 Å². The molecule has 0 aromatic heterocycles. The van der Waals surface area contributed by atoms with E-state index in [4.69, 9.17) is 10.8 Å². The van der Waals surface area contributed by atoms with E-state index in [0.29, 0.717) is 27.6 Å². The van der Waals surface area contributed by atoms with Crippen LogP contribution in [0.15, 0.2) is 26.0 Å². The van der Waals surface area contributed by atoms with E-state index < -0.39 is 10.0 Å². The molecule has 1 aromatic rings. The number of nitrogens with two attached hydrogens (primary N) is 1. The summed E-state index contributed by atoms with van der Waals surface area (Å²) in [5.74, 6) is 0.126. The SMILES string of the molecule is CCCC(CCO)CNS(=O)(=O)c1c(Br)cc(N)cc1Br. The number of halogens is 2. The van der Waals surface area contributed by atoms with Gasteiger partial charge in [-0.05, 0) is 62.8 Å². The predicted octanol–water partition coefficient (Wildman–Crippen LogP) is 2.87. The Morgan fingerprint density at radius 3 is 2.33 bits per heavy atom. The number of hydrogen-bond acceptors (Lipinski definition) is 4. The van der Waals surface area contributed by atoms with E-state index in [0.717, 1.165) is 12.8 Å². The van der Waals surface area contributed by atoms with Gasteiger partial charge in [0.15, 0.2) is 0 Å². The summed E-state index contributed by atoms with van der Waals surface area (Å²) in [5, 5.41) is 9.02. The predicted molar refractivity (Wildman–Crippen MR) is 91.5 cm³/mol. The minimum absolute atomic E-state index is 0.0572. The van der Waals surface area contributed by atoms with Crippen LogP contribution in [0.2, 0.25) is 0 Å². The summed E-state index contributed by atoms with van der Waals surface area (Å²) in [6.07, 6.45) is 2.40. The molecule has 0 heterocycles. The van der Waals surface area contributed by atoms with Gasteiger partial charge in [-0.25, -0.2) is 13.1 Å². The van der Waals surface area contributed by atoms with E-state index in [1.54, 1.807) is 12.1 Å². The summed E-state index contributed by atoms with van der Waals surface area (Å²) in [5.41, 5.74) is 6.14. The van der Waals surface area contributed by atoms with Crippen molar-refractivity contribution in [2.75, 3.05) is 18.9 Å². The first-order chi connectivity index (χ1) is 9.81. The molecule has 0 saturated carbocycles. The lowest BCUT2D eigenvalue weighted by molar-refractivity contribution is 0.251. The third kappa shape index (κ3) is 5.52. The zero-order valence-electron chi connectivity index (χ0n) is 11.8. The van der Waals surface area contributed by atoms with Crippen molar-refractivity contribution in [1.82, 2.24) is 4.72 Å². The van der Waals surface area contributed by atoms with Gasteiger partial charge < -0.3 is 10.8 Å². The van der Waals surface area contributed by atoms with Gasteiger partial charge in [0.25, 0.3) is 0 Å². The summed E-state index contributed by atoms with van der Waals surface area (Å²) in [7, 11) is -3.65. The van der Waals surface area contributed by atoms with Crippen LogP contribution in [-0.4, -0.2) is 26.7 Å². The van der Waals surface area contributed by atoms with Crippen LogP contribution >= 0.6 is 31.9 Å². The zero-order valence-corrected chi connectivity index (χ0v) is 15.8. The van der Waals surface area contributed by atoms with Crippen LogP contribution in [0.4, 0.5) is 5.69 Å². The zero-order chi connectivity index (χ0) is 16.0. The molecular weight excluding hydrogens is 424 g/mol. The van der Waals surface area contributed by atoms with Crippen molar-refractivity contribution >= 4 is 47.6 Å². The highest BCUT2D eigenvalue weighted by Crippen LogP contribution is 2.32. The second kappa shape index (κ2) is 8.47. The summed E-state index contributed by atoms with van der Waals surface area (Å²) in [6, 6.07) is 3.10. The maximum absolute atomic E-state index is 12.4. The maximum atomic E-state index is 12.4. The van der Waals surface area contributed by atoms with Gasteiger partial charge in [0.05, 0.1) is 0 Å². The van der Waals surface area contributed by atoms with Crippen LogP contribution in [0.1, 0.15) is 26.2 Å². The van der Waals surface area contributed by atoms with E-state index in [2.05, 4.69) is 36.6 Å². The number of aliphatic hydroxyl groups is 1. The molecule has 1 rings (SSSR count). The molecule has 0 aliphatic heterocycles. The number of nitrogen functional groups attached to an aromatic ring is 1. The lowest BCUT2D eigenvalue weighted by Gasteiger charge is -2.17. The van der Waals surface area contributed by atoms with Crippen LogP contribution in [0, 0.1) is 5.92 Å². The Hall–Kier alpha value is -0.150. The molecule has 1 aromatic carbocycles. The molecule has 8 heteroatoms. The van der Waals surface area contributed by atoms with Gasteiger partial charge in [-0.2, -0.15) is 0 Å². The first-order valence-electron chi connectivity index (χ1n) is 6.66. The Morgan fingerprint density at radius 2 is 1.86 bits per heavy atom. The van der Waals surface area contributed by atoms with Gasteiger partial charge in [0.2, 0.25) is 10.0 Å². The Bertz CT molecular complexity index is 550. The molecule has 0 saturated heterocycles. The molecule has 0 aliphatic rings. The topological polar surface area (TPSA) is 92.4 Å². The quantitative estimate of drug-likeness (QED) is 0.538. The fraction of sp³-hybridized carbons (Fsp3) is 0.538. The Morgan fingerprint density at radius 1 is 1.29 bits per heavy atom. The van der Waals surface area contributed by atoms with Crippen molar-refractivity contribution in [2.24, 2.45) is 5.92 Å². The number of sulfonamides is 1. The highest BCUT2D eigenvalue weighted by atomic mass is 79.9. The second-order valence-electron chi connectivity index (χ2n) is 4.83. The lowest BCUT2D eigenvalue weighted by atomic mass is 10.0. The van der Waals surface area contributed by atoms with Gasteiger partial charge in [0.1, 0.15) is 4.90 Å². The Balaban J connectivity index is 2.92. The highest BCUT2D eigenvalue weighted by molar-refractivity contribution is 9.11. The van der Waals surface area contributed by atoms with Crippen LogP contribution in [0.25, 0.3) is 0 Å². The fourth-order valence-electron chi connectivity index (χ4n) is 2.08. The molecule has 0 amide bonds. The van der Waals surface area contributed by atoms with E-state index in [-0.39, 0.29) is 17.4 Å². The third-order valence-electron chi connectivity index (χ3n) is 3.09. The molecule has 21 heavy (non-hydrogen) atoms. The van der Waals surface area contributed by atoms with E-state index in [1.807, 2.05) is 6.92 Å². The molecule has 0 aliphatic carbocycles. The number of anilines is 1. The monoisotopic (exact) mass is 442 g/mol.